The second kappa shape index (κ2) is 5.86. The van der Waals surface area contributed by atoms with Crippen molar-refractivity contribution in [2.45, 2.75) is 61.8 Å². The Kier molecular flexibility index (Phi) is 4.59. The zero-order valence-corrected chi connectivity index (χ0v) is 12.9. The van der Waals surface area contributed by atoms with Crippen molar-refractivity contribution in [2.24, 2.45) is 11.7 Å². The van der Waals surface area contributed by atoms with Crippen LogP contribution in [-0.4, -0.2) is 16.0 Å². The van der Waals surface area contributed by atoms with Crippen molar-refractivity contribution >= 4 is 11.8 Å². The summed E-state index contributed by atoms with van der Waals surface area (Å²) >= 11 is 1.82. The number of rotatable bonds is 4. The molecule has 1 aromatic carbocycles. The number of hydrogen-bond acceptors (Lipinski definition) is 3. The number of hydrogen-bond donors (Lipinski definition) is 2. The van der Waals surface area contributed by atoms with Crippen molar-refractivity contribution in [3.8, 4) is 0 Å². The van der Waals surface area contributed by atoms with Crippen LogP contribution in [0.1, 0.15) is 51.6 Å². The van der Waals surface area contributed by atoms with E-state index in [1.165, 1.54) is 11.3 Å². The molecule has 2 nitrogen and oxygen atoms in total. The SMILES string of the molecule is CC(C)(C)Sc1ccccc1[C@H](N)[C@H](O)C1CCC1. The quantitative estimate of drug-likeness (QED) is 0.825. The van der Waals surface area contributed by atoms with E-state index in [1.54, 1.807) is 0 Å². The van der Waals surface area contributed by atoms with Gasteiger partial charge >= 0.3 is 0 Å². The number of thioether (sulfide) groups is 1. The molecule has 0 spiro atoms. The molecule has 0 radical (unpaired) electrons. The predicted octanol–water partition coefficient (Wildman–Crippen LogP) is 3.74. The zero-order chi connectivity index (χ0) is 14.0. The van der Waals surface area contributed by atoms with Crippen molar-refractivity contribution < 1.29 is 5.11 Å². The molecule has 0 bridgehead atoms. The molecule has 0 heterocycles. The van der Waals surface area contributed by atoms with Crippen molar-refractivity contribution in [3.05, 3.63) is 29.8 Å². The first-order chi connectivity index (χ1) is 8.88. The Balaban J connectivity index is 2.18. The summed E-state index contributed by atoms with van der Waals surface area (Å²) in [6.07, 6.45) is 3.05. The van der Waals surface area contributed by atoms with Gasteiger partial charge in [0.2, 0.25) is 0 Å². The minimum Gasteiger partial charge on any atom is -0.391 e. The van der Waals surface area contributed by atoms with Crippen molar-refractivity contribution in [1.82, 2.24) is 0 Å². The fraction of sp³-hybridized carbons (Fsp3) is 0.625. The summed E-state index contributed by atoms with van der Waals surface area (Å²) in [5.74, 6) is 0.391. The van der Waals surface area contributed by atoms with E-state index in [9.17, 15) is 5.11 Å². The minimum absolute atomic E-state index is 0.150. The van der Waals surface area contributed by atoms with Crippen LogP contribution in [0.5, 0.6) is 0 Å². The normalized spacial score (nSPS) is 19.8. The summed E-state index contributed by atoms with van der Waals surface area (Å²) in [4.78, 5) is 1.20. The standard InChI is InChI=1S/C16H25NOS/c1-16(2,3)19-13-10-5-4-9-12(13)14(17)15(18)11-7-6-8-11/h4-5,9-11,14-15,18H,6-8,17H2,1-3H3/t14-,15+/m0/s1. The highest BCUT2D eigenvalue weighted by Gasteiger charge is 2.32. The topological polar surface area (TPSA) is 46.2 Å². The maximum Gasteiger partial charge on any atom is 0.0761 e. The van der Waals surface area contributed by atoms with E-state index in [0.717, 1.165) is 18.4 Å². The largest absolute Gasteiger partial charge is 0.391 e. The highest BCUT2D eigenvalue weighted by Crippen LogP contribution is 2.39. The molecule has 0 unspecified atom stereocenters. The van der Waals surface area contributed by atoms with Gasteiger partial charge in [0.25, 0.3) is 0 Å². The zero-order valence-electron chi connectivity index (χ0n) is 12.1. The summed E-state index contributed by atoms with van der Waals surface area (Å²) < 4.78 is 0.150. The maximum atomic E-state index is 10.4. The summed E-state index contributed by atoms with van der Waals surface area (Å²) in [6.45, 7) is 6.59. The minimum atomic E-state index is -0.407. The molecular weight excluding hydrogens is 254 g/mol. The van der Waals surface area contributed by atoms with Crippen LogP contribution in [0.2, 0.25) is 0 Å². The monoisotopic (exact) mass is 279 g/mol. The van der Waals surface area contributed by atoms with E-state index < -0.39 is 6.10 Å². The Bertz CT molecular complexity index is 423. The molecule has 1 saturated carbocycles. The van der Waals surface area contributed by atoms with Gasteiger partial charge in [-0.05, 0) is 30.4 Å². The van der Waals surface area contributed by atoms with Crippen LogP contribution in [0.3, 0.4) is 0 Å². The van der Waals surface area contributed by atoms with Gasteiger partial charge in [-0.1, -0.05) is 45.4 Å². The van der Waals surface area contributed by atoms with Gasteiger partial charge < -0.3 is 10.8 Å². The number of aliphatic hydroxyl groups is 1. The first-order valence-electron chi connectivity index (χ1n) is 7.10. The molecule has 3 N–H and O–H groups in total. The predicted molar refractivity (Wildman–Crippen MR) is 82.3 cm³/mol. The lowest BCUT2D eigenvalue weighted by atomic mass is 9.77. The molecule has 2 atom stereocenters. The van der Waals surface area contributed by atoms with E-state index in [2.05, 4.69) is 32.9 Å². The smallest absolute Gasteiger partial charge is 0.0761 e. The molecule has 19 heavy (non-hydrogen) atoms. The van der Waals surface area contributed by atoms with Crippen LogP contribution in [0.15, 0.2) is 29.2 Å². The fourth-order valence-electron chi connectivity index (χ4n) is 2.44. The van der Waals surface area contributed by atoms with Crippen LogP contribution < -0.4 is 5.73 Å². The Labute approximate surface area is 120 Å². The molecule has 0 aliphatic heterocycles. The third-order valence-corrected chi connectivity index (χ3v) is 4.90. The summed E-state index contributed by atoms with van der Waals surface area (Å²) in [6, 6.07) is 7.95. The van der Waals surface area contributed by atoms with E-state index in [4.69, 9.17) is 5.73 Å². The van der Waals surface area contributed by atoms with Gasteiger partial charge in [0.05, 0.1) is 12.1 Å². The van der Waals surface area contributed by atoms with Gasteiger partial charge in [-0.2, -0.15) is 0 Å². The molecule has 106 valence electrons. The van der Waals surface area contributed by atoms with Gasteiger partial charge in [0.1, 0.15) is 0 Å². The summed E-state index contributed by atoms with van der Waals surface area (Å²) in [5, 5.41) is 10.4. The first kappa shape index (κ1) is 14.9. The lowest BCUT2D eigenvalue weighted by Crippen LogP contribution is -2.36. The van der Waals surface area contributed by atoms with Crippen LogP contribution in [-0.2, 0) is 0 Å². The second-order valence-corrected chi connectivity index (χ2v) is 8.33. The molecular formula is C16H25NOS. The highest BCUT2D eigenvalue weighted by molar-refractivity contribution is 8.00. The van der Waals surface area contributed by atoms with Crippen LogP contribution in [0.25, 0.3) is 0 Å². The van der Waals surface area contributed by atoms with Crippen molar-refractivity contribution in [1.29, 1.82) is 0 Å². The molecule has 0 saturated heterocycles. The number of benzene rings is 1. The average Bonchev–Trinajstić information content (AvgIpc) is 2.24. The highest BCUT2D eigenvalue weighted by atomic mass is 32.2. The van der Waals surface area contributed by atoms with E-state index in [0.29, 0.717) is 5.92 Å². The van der Waals surface area contributed by atoms with Crippen LogP contribution in [0.4, 0.5) is 0 Å². The molecule has 3 heteroatoms. The van der Waals surface area contributed by atoms with Crippen molar-refractivity contribution in [3.63, 3.8) is 0 Å². The van der Waals surface area contributed by atoms with Gasteiger partial charge in [0, 0.05) is 9.64 Å². The summed E-state index contributed by atoms with van der Waals surface area (Å²) in [5.41, 5.74) is 7.39. The fourth-order valence-corrected chi connectivity index (χ4v) is 3.57. The molecule has 1 fully saturated rings. The van der Waals surface area contributed by atoms with Gasteiger partial charge in [-0.15, -0.1) is 11.8 Å². The average molecular weight is 279 g/mol. The van der Waals surface area contributed by atoms with Crippen molar-refractivity contribution in [2.75, 3.05) is 0 Å². The van der Waals surface area contributed by atoms with E-state index in [-0.39, 0.29) is 10.8 Å². The Morgan fingerprint density at radius 3 is 2.42 bits per heavy atom. The van der Waals surface area contributed by atoms with Gasteiger partial charge in [-0.25, -0.2) is 0 Å². The molecule has 1 aliphatic carbocycles. The molecule has 1 aromatic rings. The van der Waals surface area contributed by atoms with Gasteiger partial charge in [0.15, 0.2) is 0 Å². The lowest BCUT2D eigenvalue weighted by molar-refractivity contribution is 0.0407. The third kappa shape index (κ3) is 3.74. The Morgan fingerprint density at radius 2 is 1.89 bits per heavy atom. The van der Waals surface area contributed by atoms with E-state index in [1.807, 2.05) is 23.9 Å². The lowest BCUT2D eigenvalue weighted by Gasteiger charge is -2.34. The second-order valence-electron chi connectivity index (χ2n) is 6.46. The number of aliphatic hydroxyl groups excluding tert-OH is 1. The Morgan fingerprint density at radius 1 is 1.26 bits per heavy atom. The molecule has 0 amide bonds. The molecule has 0 aromatic heterocycles. The van der Waals surface area contributed by atoms with Crippen LogP contribution >= 0.6 is 11.8 Å². The molecule has 1 aliphatic rings. The third-order valence-electron chi connectivity index (χ3n) is 3.70. The van der Waals surface area contributed by atoms with Crippen LogP contribution in [0, 0.1) is 5.92 Å². The number of nitrogens with two attached hydrogens (primary N) is 1. The Hall–Kier alpha value is -0.510. The van der Waals surface area contributed by atoms with E-state index >= 15 is 0 Å². The maximum absolute atomic E-state index is 10.4. The van der Waals surface area contributed by atoms with Gasteiger partial charge in [-0.3, -0.25) is 0 Å². The first-order valence-corrected chi connectivity index (χ1v) is 7.92. The summed E-state index contributed by atoms with van der Waals surface area (Å²) in [7, 11) is 0. The molecule has 2 rings (SSSR count).